The second-order valence-corrected chi connectivity index (χ2v) is 4.30. The number of amides is 2. The van der Waals surface area contributed by atoms with Gasteiger partial charge in [0.2, 0.25) is 0 Å². The zero-order valence-corrected chi connectivity index (χ0v) is 11.2. The summed E-state index contributed by atoms with van der Waals surface area (Å²) in [5.41, 5.74) is 0.452. The van der Waals surface area contributed by atoms with Crippen LogP contribution in [0.25, 0.3) is 0 Å². The number of anilines is 1. The average Bonchev–Trinajstić information content (AvgIpc) is 2.37. The predicted molar refractivity (Wildman–Crippen MR) is 72.0 cm³/mol. The van der Waals surface area contributed by atoms with Gasteiger partial charge in [-0.3, -0.25) is 4.79 Å². The van der Waals surface area contributed by atoms with E-state index < -0.39 is 30.4 Å². The number of carbonyl (C=O) groups excluding carboxylic acids is 1. The Hall–Kier alpha value is -2.79. The number of urea groups is 1. The molecule has 0 aliphatic carbocycles. The van der Waals surface area contributed by atoms with Crippen LogP contribution in [0.15, 0.2) is 18.2 Å². The first kappa shape index (κ1) is 16.3. The van der Waals surface area contributed by atoms with Crippen molar-refractivity contribution in [1.82, 2.24) is 5.32 Å². The lowest BCUT2D eigenvalue weighted by Gasteiger charge is -2.13. The third-order valence-electron chi connectivity index (χ3n) is 2.33. The minimum Gasteiger partial charge on any atom is -0.481 e. The summed E-state index contributed by atoms with van der Waals surface area (Å²) in [6.45, 7) is 0. The summed E-state index contributed by atoms with van der Waals surface area (Å²) < 4.78 is 0. The molecule has 0 saturated heterocycles. The Balaban J connectivity index is 2.72. The van der Waals surface area contributed by atoms with Gasteiger partial charge in [-0.2, -0.15) is 5.26 Å². The van der Waals surface area contributed by atoms with Crippen LogP contribution >= 0.6 is 11.6 Å². The summed E-state index contributed by atoms with van der Waals surface area (Å²) in [7, 11) is 0. The molecule has 0 saturated carbocycles. The molecule has 1 aromatic carbocycles. The van der Waals surface area contributed by atoms with Crippen molar-refractivity contribution >= 4 is 35.3 Å². The number of carboxylic acids is 2. The standard InChI is InChI=1S/C12H10ClN3O5/c13-8-3-7(2-1-6(8)5-14)15-12(21)16-9(11(19)20)4-10(17)18/h1-3,9H,4H2,(H,17,18)(H,19,20)(H2,15,16,21)/t9-/m0/s1. The average molecular weight is 312 g/mol. The molecule has 0 aliphatic heterocycles. The number of rotatable bonds is 5. The number of halogens is 1. The van der Waals surface area contributed by atoms with Gasteiger partial charge >= 0.3 is 18.0 Å². The maximum Gasteiger partial charge on any atom is 0.326 e. The molecular formula is C12H10ClN3O5. The molecule has 8 nitrogen and oxygen atoms in total. The van der Waals surface area contributed by atoms with Crippen LogP contribution < -0.4 is 10.6 Å². The Bertz CT molecular complexity index is 626. The van der Waals surface area contributed by atoms with E-state index in [1.165, 1.54) is 18.2 Å². The maximum absolute atomic E-state index is 11.6. The highest BCUT2D eigenvalue weighted by Gasteiger charge is 2.23. The van der Waals surface area contributed by atoms with Gasteiger partial charge < -0.3 is 20.8 Å². The summed E-state index contributed by atoms with van der Waals surface area (Å²) in [6.07, 6.45) is -0.753. The number of carbonyl (C=O) groups is 3. The molecule has 0 bridgehead atoms. The number of nitriles is 1. The predicted octanol–water partition coefficient (Wildman–Crippen LogP) is 1.26. The third-order valence-corrected chi connectivity index (χ3v) is 2.64. The first-order valence-corrected chi connectivity index (χ1v) is 5.93. The maximum atomic E-state index is 11.6. The third kappa shape index (κ3) is 5.00. The first-order valence-electron chi connectivity index (χ1n) is 5.55. The van der Waals surface area contributed by atoms with E-state index in [9.17, 15) is 14.4 Å². The zero-order valence-electron chi connectivity index (χ0n) is 10.5. The van der Waals surface area contributed by atoms with Gasteiger partial charge in [0.15, 0.2) is 0 Å². The van der Waals surface area contributed by atoms with E-state index in [0.717, 1.165) is 0 Å². The largest absolute Gasteiger partial charge is 0.481 e. The molecule has 2 amide bonds. The Labute approximate surface area is 123 Å². The van der Waals surface area contributed by atoms with Gasteiger partial charge in [-0.05, 0) is 18.2 Å². The molecule has 4 N–H and O–H groups in total. The van der Waals surface area contributed by atoms with Crippen molar-refractivity contribution in [1.29, 1.82) is 5.26 Å². The Morgan fingerprint density at radius 3 is 2.48 bits per heavy atom. The van der Waals surface area contributed by atoms with Crippen LogP contribution in [0.3, 0.4) is 0 Å². The number of hydrogen-bond acceptors (Lipinski definition) is 4. The summed E-state index contributed by atoms with van der Waals surface area (Å²) in [6, 6.07) is 3.47. The number of nitrogens with zero attached hydrogens (tertiary/aromatic N) is 1. The molecule has 0 radical (unpaired) electrons. The first-order chi connectivity index (χ1) is 9.83. The van der Waals surface area contributed by atoms with Gasteiger partial charge in [-0.15, -0.1) is 0 Å². The van der Waals surface area contributed by atoms with Crippen LogP contribution in [-0.2, 0) is 9.59 Å². The van der Waals surface area contributed by atoms with E-state index in [2.05, 4.69) is 5.32 Å². The number of hydrogen-bond donors (Lipinski definition) is 4. The van der Waals surface area contributed by atoms with Crippen LogP contribution in [-0.4, -0.2) is 34.2 Å². The van der Waals surface area contributed by atoms with E-state index in [4.69, 9.17) is 27.1 Å². The molecule has 21 heavy (non-hydrogen) atoms. The lowest BCUT2D eigenvalue weighted by Crippen LogP contribution is -2.44. The SMILES string of the molecule is N#Cc1ccc(NC(=O)N[C@@H](CC(=O)O)C(=O)O)cc1Cl. The molecule has 0 unspecified atom stereocenters. The highest BCUT2D eigenvalue weighted by atomic mass is 35.5. The number of nitrogens with one attached hydrogen (secondary N) is 2. The van der Waals surface area contributed by atoms with Crippen LogP contribution in [0.4, 0.5) is 10.5 Å². The molecule has 0 aromatic heterocycles. The second-order valence-electron chi connectivity index (χ2n) is 3.89. The fraction of sp³-hybridized carbons (Fsp3) is 0.167. The lowest BCUT2D eigenvalue weighted by molar-refractivity contribution is -0.145. The van der Waals surface area contributed by atoms with Gasteiger partial charge in [0.05, 0.1) is 17.0 Å². The monoisotopic (exact) mass is 311 g/mol. The summed E-state index contributed by atoms with van der Waals surface area (Å²) >= 11 is 5.77. The van der Waals surface area contributed by atoms with Crippen LogP contribution in [0.5, 0.6) is 0 Å². The van der Waals surface area contributed by atoms with E-state index in [1.54, 1.807) is 0 Å². The number of benzene rings is 1. The van der Waals surface area contributed by atoms with Crippen molar-refractivity contribution in [3.05, 3.63) is 28.8 Å². The van der Waals surface area contributed by atoms with Gasteiger partial charge in [0.1, 0.15) is 12.1 Å². The number of aliphatic carboxylic acids is 2. The van der Waals surface area contributed by atoms with Crippen molar-refractivity contribution in [2.75, 3.05) is 5.32 Å². The molecule has 0 aliphatic rings. The highest BCUT2D eigenvalue weighted by Crippen LogP contribution is 2.20. The molecular weight excluding hydrogens is 302 g/mol. The van der Waals surface area contributed by atoms with Crippen molar-refractivity contribution < 1.29 is 24.6 Å². The zero-order chi connectivity index (χ0) is 16.0. The minimum atomic E-state index is -1.56. The van der Waals surface area contributed by atoms with E-state index >= 15 is 0 Å². The van der Waals surface area contributed by atoms with Crippen LogP contribution in [0.1, 0.15) is 12.0 Å². The van der Waals surface area contributed by atoms with Gasteiger partial charge in [0.25, 0.3) is 0 Å². The fourth-order valence-electron chi connectivity index (χ4n) is 1.38. The number of carboxylic acid groups (broad SMARTS) is 2. The molecule has 0 fully saturated rings. The molecule has 110 valence electrons. The Morgan fingerprint density at radius 2 is 2.00 bits per heavy atom. The Morgan fingerprint density at radius 1 is 1.33 bits per heavy atom. The lowest BCUT2D eigenvalue weighted by atomic mass is 10.2. The minimum absolute atomic E-state index is 0.121. The second kappa shape index (κ2) is 7.12. The van der Waals surface area contributed by atoms with E-state index in [-0.39, 0.29) is 16.3 Å². The highest BCUT2D eigenvalue weighted by molar-refractivity contribution is 6.32. The smallest absolute Gasteiger partial charge is 0.326 e. The molecule has 1 aromatic rings. The summed E-state index contributed by atoms with van der Waals surface area (Å²) in [4.78, 5) is 32.9. The van der Waals surface area contributed by atoms with Crippen molar-refractivity contribution in [2.24, 2.45) is 0 Å². The van der Waals surface area contributed by atoms with Crippen molar-refractivity contribution in [2.45, 2.75) is 12.5 Å². The van der Waals surface area contributed by atoms with Crippen molar-refractivity contribution in [3.8, 4) is 6.07 Å². The molecule has 0 spiro atoms. The van der Waals surface area contributed by atoms with E-state index in [0.29, 0.717) is 0 Å². The van der Waals surface area contributed by atoms with E-state index in [1.807, 2.05) is 11.4 Å². The van der Waals surface area contributed by atoms with Crippen molar-refractivity contribution in [3.63, 3.8) is 0 Å². The van der Waals surface area contributed by atoms with Crippen LogP contribution in [0.2, 0.25) is 5.02 Å². The summed E-state index contributed by atoms with van der Waals surface area (Å²) in [5.74, 6) is -2.82. The molecule has 1 atom stereocenters. The summed E-state index contributed by atoms with van der Waals surface area (Å²) in [5, 5.41) is 30.5. The quantitative estimate of drug-likeness (QED) is 0.645. The molecule has 0 heterocycles. The van der Waals surface area contributed by atoms with Gasteiger partial charge in [-0.1, -0.05) is 11.6 Å². The topological polar surface area (TPSA) is 140 Å². The fourth-order valence-corrected chi connectivity index (χ4v) is 1.61. The Kier molecular flexibility index (Phi) is 5.51. The normalized spacial score (nSPS) is 11.0. The van der Waals surface area contributed by atoms with Crippen LogP contribution in [0, 0.1) is 11.3 Å². The molecule has 9 heteroatoms. The molecule has 1 rings (SSSR count). The van der Waals surface area contributed by atoms with Gasteiger partial charge in [0, 0.05) is 5.69 Å². The van der Waals surface area contributed by atoms with Gasteiger partial charge in [-0.25, -0.2) is 9.59 Å².